The van der Waals surface area contributed by atoms with E-state index in [0.717, 1.165) is 0 Å². The van der Waals surface area contributed by atoms with Crippen LogP contribution < -0.4 is 14.8 Å². The summed E-state index contributed by atoms with van der Waals surface area (Å²) in [5.41, 5.74) is 0.221. The third kappa shape index (κ3) is 2.81. The Morgan fingerprint density at radius 3 is 2.00 bits per heavy atom. The molecule has 0 spiro atoms. The van der Waals surface area contributed by atoms with Gasteiger partial charge < -0.3 is 14.8 Å². The van der Waals surface area contributed by atoms with Crippen molar-refractivity contribution in [2.45, 2.75) is 0 Å². The Hall–Kier alpha value is -2.37. The van der Waals surface area contributed by atoms with Gasteiger partial charge in [0, 0.05) is 18.7 Å². The number of ether oxygens (including phenoxy) is 2. The lowest BCUT2D eigenvalue weighted by atomic mass is 10.2. The molecule has 1 amide bonds. The van der Waals surface area contributed by atoms with E-state index in [-0.39, 0.29) is 35.9 Å². The Morgan fingerprint density at radius 1 is 1.12 bits per heavy atom. The predicted molar refractivity (Wildman–Crippen MR) is 53.2 cm³/mol. The topological polar surface area (TPSA) is 81.7 Å². The summed E-state index contributed by atoms with van der Waals surface area (Å²) in [5.74, 6) is -0.145. The monoisotopic (exact) mass is 223 g/mol. The first kappa shape index (κ1) is 11.7. The van der Waals surface area contributed by atoms with Crippen LogP contribution in [-0.4, -0.2) is 25.9 Å². The largest absolute Gasteiger partial charge is 0.429 e. The Morgan fingerprint density at radius 2 is 1.62 bits per heavy atom. The minimum absolute atomic E-state index is 0.118. The number of hydrogen-bond acceptors (Lipinski definition) is 5. The second kappa shape index (κ2) is 5.50. The van der Waals surface area contributed by atoms with E-state index in [4.69, 9.17) is 0 Å². The first-order valence-corrected chi connectivity index (χ1v) is 4.29. The maximum Gasteiger partial charge on any atom is 0.298 e. The molecule has 0 heterocycles. The quantitative estimate of drug-likeness (QED) is 0.717. The van der Waals surface area contributed by atoms with Crippen LogP contribution >= 0.6 is 0 Å². The van der Waals surface area contributed by atoms with Gasteiger partial charge in [-0.2, -0.15) is 0 Å². The molecule has 0 aliphatic rings. The third-order valence-corrected chi connectivity index (χ3v) is 1.74. The minimum atomic E-state index is -0.382. The molecule has 0 saturated heterocycles. The summed E-state index contributed by atoms with van der Waals surface area (Å²) in [5, 5.41) is 2.39. The van der Waals surface area contributed by atoms with Gasteiger partial charge in [-0.1, -0.05) is 0 Å². The Labute approximate surface area is 91.2 Å². The van der Waals surface area contributed by atoms with Crippen molar-refractivity contribution in [2.24, 2.45) is 0 Å². The average Bonchev–Trinajstić information content (AvgIpc) is 2.28. The van der Waals surface area contributed by atoms with E-state index in [2.05, 4.69) is 14.8 Å². The predicted octanol–water partition coefficient (Wildman–Crippen LogP) is 0.117. The zero-order valence-electron chi connectivity index (χ0n) is 8.43. The van der Waals surface area contributed by atoms with E-state index in [0.29, 0.717) is 0 Å². The van der Waals surface area contributed by atoms with Crippen LogP contribution in [0.5, 0.6) is 11.5 Å². The zero-order chi connectivity index (χ0) is 12.0. The van der Waals surface area contributed by atoms with Gasteiger partial charge in [0.2, 0.25) is 0 Å². The van der Waals surface area contributed by atoms with Gasteiger partial charge in [-0.3, -0.25) is 14.4 Å². The van der Waals surface area contributed by atoms with Crippen molar-refractivity contribution in [1.29, 1.82) is 0 Å². The Balaban J connectivity index is 3.11. The van der Waals surface area contributed by atoms with E-state index in [1.807, 2.05) is 0 Å². The molecule has 6 heteroatoms. The Kier molecular flexibility index (Phi) is 4.02. The highest BCUT2D eigenvalue weighted by Crippen LogP contribution is 2.22. The number of carbonyl (C=O) groups excluding carboxylic acids is 3. The molecule has 1 aromatic rings. The summed E-state index contributed by atoms with van der Waals surface area (Å²) in [7, 11) is 1.45. The lowest BCUT2D eigenvalue weighted by molar-refractivity contribution is -0.121. The van der Waals surface area contributed by atoms with Crippen LogP contribution in [0.2, 0.25) is 0 Å². The van der Waals surface area contributed by atoms with Crippen molar-refractivity contribution in [3.63, 3.8) is 0 Å². The number of amides is 1. The van der Waals surface area contributed by atoms with E-state index in [1.54, 1.807) is 0 Å². The molecule has 1 rings (SSSR count). The fraction of sp³-hybridized carbons (Fsp3) is 0.100. The number of rotatable bonds is 5. The molecule has 0 radical (unpaired) electrons. The molecule has 0 fully saturated rings. The highest BCUT2D eigenvalue weighted by Gasteiger charge is 2.08. The summed E-state index contributed by atoms with van der Waals surface area (Å²) in [6.07, 6.45) is 0. The first-order valence-electron chi connectivity index (χ1n) is 4.29. The molecule has 6 nitrogen and oxygen atoms in total. The van der Waals surface area contributed by atoms with Crippen LogP contribution in [0.3, 0.4) is 0 Å². The van der Waals surface area contributed by atoms with Gasteiger partial charge in [-0.25, -0.2) is 0 Å². The second-order valence-electron chi connectivity index (χ2n) is 2.70. The van der Waals surface area contributed by atoms with Gasteiger partial charge in [-0.05, 0) is 12.1 Å². The molecule has 1 N–H and O–H groups in total. The van der Waals surface area contributed by atoms with E-state index >= 15 is 0 Å². The Bertz CT molecular complexity index is 387. The van der Waals surface area contributed by atoms with Crippen LogP contribution in [-0.2, 0) is 9.59 Å². The summed E-state index contributed by atoms with van der Waals surface area (Å²) < 4.78 is 9.14. The van der Waals surface area contributed by atoms with Gasteiger partial charge >= 0.3 is 0 Å². The summed E-state index contributed by atoms with van der Waals surface area (Å²) in [6.45, 7) is 0.432. The fourth-order valence-corrected chi connectivity index (χ4v) is 1.09. The van der Waals surface area contributed by atoms with Crippen molar-refractivity contribution < 1.29 is 23.9 Å². The SMILES string of the molecule is CNC(=O)c1cc(OC=O)cc(OC=O)c1. The highest BCUT2D eigenvalue weighted by atomic mass is 16.5. The molecule has 1 aromatic carbocycles. The number of benzene rings is 1. The molecule has 0 aliphatic heterocycles. The molecule has 0 atom stereocenters. The van der Waals surface area contributed by atoms with Crippen molar-refractivity contribution in [1.82, 2.24) is 5.32 Å². The fourth-order valence-electron chi connectivity index (χ4n) is 1.09. The molecule has 0 aromatic heterocycles. The van der Waals surface area contributed by atoms with Crippen LogP contribution in [0.15, 0.2) is 18.2 Å². The van der Waals surface area contributed by atoms with Crippen molar-refractivity contribution >= 4 is 18.9 Å². The van der Waals surface area contributed by atoms with Gasteiger partial charge in [-0.15, -0.1) is 0 Å². The van der Waals surface area contributed by atoms with Crippen LogP contribution in [0.1, 0.15) is 10.4 Å². The second-order valence-corrected chi connectivity index (χ2v) is 2.70. The molecule has 0 saturated carbocycles. The highest BCUT2D eigenvalue weighted by molar-refractivity contribution is 5.95. The molecule has 0 bridgehead atoms. The standard InChI is InChI=1S/C10H9NO5/c1-11-10(14)7-2-8(15-5-12)4-9(3-7)16-6-13/h2-6H,1H3,(H,11,14). The zero-order valence-corrected chi connectivity index (χ0v) is 8.43. The van der Waals surface area contributed by atoms with Gasteiger partial charge in [0.1, 0.15) is 11.5 Å². The summed E-state index contributed by atoms with van der Waals surface area (Å²) in [6, 6.07) is 4.02. The number of carbonyl (C=O) groups is 3. The first-order chi connectivity index (χ1) is 7.71. The minimum Gasteiger partial charge on any atom is -0.429 e. The maximum absolute atomic E-state index is 11.3. The van der Waals surface area contributed by atoms with E-state index < -0.39 is 0 Å². The lowest BCUT2D eigenvalue weighted by Crippen LogP contribution is -2.17. The van der Waals surface area contributed by atoms with Gasteiger partial charge in [0.05, 0.1) is 0 Å². The van der Waals surface area contributed by atoms with Crippen molar-refractivity contribution in [2.75, 3.05) is 7.05 Å². The maximum atomic E-state index is 11.3. The molecule has 84 valence electrons. The van der Waals surface area contributed by atoms with Gasteiger partial charge in [0.15, 0.2) is 0 Å². The third-order valence-electron chi connectivity index (χ3n) is 1.74. The van der Waals surface area contributed by atoms with Crippen molar-refractivity contribution in [3.8, 4) is 11.5 Å². The summed E-state index contributed by atoms with van der Waals surface area (Å²) in [4.78, 5) is 31.6. The molecular weight excluding hydrogens is 214 g/mol. The van der Waals surface area contributed by atoms with Crippen LogP contribution in [0.4, 0.5) is 0 Å². The van der Waals surface area contributed by atoms with Crippen LogP contribution in [0, 0.1) is 0 Å². The average molecular weight is 223 g/mol. The van der Waals surface area contributed by atoms with Crippen molar-refractivity contribution in [3.05, 3.63) is 23.8 Å². The molecule has 0 aliphatic carbocycles. The molecular formula is C10H9NO5. The summed E-state index contributed by atoms with van der Waals surface area (Å²) >= 11 is 0. The van der Waals surface area contributed by atoms with Crippen LogP contribution in [0.25, 0.3) is 0 Å². The smallest absolute Gasteiger partial charge is 0.298 e. The van der Waals surface area contributed by atoms with Gasteiger partial charge in [0.25, 0.3) is 18.9 Å². The van der Waals surface area contributed by atoms with E-state index in [1.165, 1.54) is 25.2 Å². The lowest BCUT2D eigenvalue weighted by Gasteiger charge is -2.05. The normalized spacial score (nSPS) is 9.06. The molecule has 16 heavy (non-hydrogen) atoms. The number of nitrogens with one attached hydrogen (secondary N) is 1. The number of hydrogen-bond donors (Lipinski definition) is 1. The molecule has 0 unspecified atom stereocenters. The van der Waals surface area contributed by atoms with E-state index in [9.17, 15) is 14.4 Å².